The summed E-state index contributed by atoms with van der Waals surface area (Å²) in [7, 11) is -3.69. The fourth-order valence-corrected chi connectivity index (χ4v) is 5.50. The van der Waals surface area contributed by atoms with Gasteiger partial charge in [-0.3, -0.25) is 14.8 Å². The van der Waals surface area contributed by atoms with Gasteiger partial charge < -0.3 is 5.32 Å². The Morgan fingerprint density at radius 3 is 2.29 bits per heavy atom. The molecule has 2 N–H and O–H groups in total. The first kappa shape index (κ1) is 24.0. The number of hydrogen-bond acceptors (Lipinski definition) is 5. The van der Waals surface area contributed by atoms with Crippen molar-refractivity contribution in [2.24, 2.45) is 5.92 Å². The minimum atomic E-state index is -3.69. The second kappa shape index (κ2) is 10.4. The molecule has 1 aliphatic rings. The Morgan fingerprint density at radius 1 is 0.941 bits per heavy atom. The van der Waals surface area contributed by atoms with E-state index in [1.807, 2.05) is 56.3 Å². The molecular weight excluding hydrogens is 448 g/mol. The van der Waals surface area contributed by atoms with Crippen molar-refractivity contribution in [3.8, 4) is 11.3 Å². The zero-order valence-corrected chi connectivity index (χ0v) is 20.3. The van der Waals surface area contributed by atoms with Crippen molar-refractivity contribution in [3.05, 3.63) is 78.2 Å². The van der Waals surface area contributed by atoms with Gasteiger partial charge in [-0.05, 0) is 69.4 Å². The van der Waals surface area contributed by atoms with Crippen molar-refractivity contribution in [1.82, 2.24) is 20.0 Å². The van der Waals surface area contributed by atoms with Gasteiger partial charge in [0.15, 0.2) is 0 Å². The molecule has 1 aromatic carbocycles. The lowest BCUT2D eigenvalue weighted by Gasteiger charge is -2.29. The van der Waals surface area contributed by atoms with Crippen LogP contribution >= 0.6 is 0 Å². The summed E-state index contributed by atoms with van der Waals surface area (Å²) in [5.41, 5.74) is 3.48. The maximum atomic E-state index is 12.9. The third-order valence-corrected chi connectivity index (χ3v) is 7.84. The van der Waals surface area contributed by atoms with E-state index in [-0.39, 0.29) is 28.8 Å². The average Bonchev–Trinajstić information content (AvgIpc) is 2.85. The van der Waals surface area contributed by atoms with E-state index in [0.717, 1.165) is 16.8 Å². The highest BCUT2D eigenvalue weighted by molar-refractivity contribution is 7.89. The normalized spacial score (nSPS) is 19.4. The SMILES string of the molecule is Cc1ccc(-c2ccc(S(=O)(=O)NC3CCC(C(=O)NC(C)c4ccccc4)CC3)cn2)cn1. The number of benzene rings is 1. The smallest absolute Gasteiger partial charge is 0.242 e. The number of carbonyl (C=O) groups is 1. The molecule has 1 unspecified atom stereocenters. The average molecular weight is 479 g/mol. The van der Waals surface area contributed by atoms with E-state index >= 15 is 0 Å². The Kier molecular flexibility index (Phi) is 7.38. The lowest BCUT2D eigenvalue weighted by atomic mass is 9.85. The molecule has 1 saturated carbocycles. The lowest BCUT2D eigenvalue weighted by Crippen LogP contribution is -2.41. The van der Waals surface area contributed by atoms with Gasteiger partial charge in [0, 0.05) is 35.6 Å². The number of nitrogens with one attached hydrogen (secondary N) is 2. The molecule has 1 atom stereocenters. The van der Waals surface area contributed by atoms with Crippen LogP contribution in [0.5, 0.6) is 0 Å². The van der Waals surface area contributed by atoms with E-state index in [9.17, 15) is 13.2 Å². The standard InChI is InChI=1S/C26H30N4O3S/c1-18-8-9-22(16-27-18)25-15-14-24(17-28-25)34(32,33)30-23-12-10-21(11-13-23)26(31)29-19(2)20-6-4-3-5-7-20/h3-9,14-17,19,21,23,30H,10-13H2,1-2H3,(H,29,31). The first-order chi connectivity index (χ1) is 16.3. The molecule has 0 bridgehead atoms. The van der Waals surface area contributed by atoms with Crippen LogP contribution in [0.4, 0.5) is 0 Å². The number of pyridine rings is 2. The van der Waals surface area contributed by atoms with Gasteiger partial charge in [0.25, 0.3) is 0 Å². The number of rotatable bonds is 7. The van der Waals surface area contributed by atoms with Crippen LogP contribution in [0.3, 0.4) is 0 Å². The summed E-state index contributed by atoms with van der Waals surface area (Å²) >= 11 is 0. The van der Waals surface area contributed by atoms with Gasteiger partial charge in [0.1, 0.15) is 4.90 Å². The third kappa shape index (κ3) is 5.87. The highest BCUT2D eigenvalue weighted by atomic mass is 32.2. The van der Waals surface area contributed by atoms with E-state index in [1.165, 1.54) is 6.20 Å². The molecule has 1 fully saturated rings. The molecule has 0 spiro atoms. The summed E-state index contributed by atoms with van der Waals surface area (Å²) in [5.74, 6) is -0.0703. The van der Waals surface area contributed by atoms with Gasteiger partial charge in [0.2, 0.25) is 15.9 Å². The van der Waals surface area contributed by atoms with Gasteiger partial charge in [-0.15, -0.1) is 0 Å². The van der Waals surface area contributed by atoms with Crippen LogP contribution < -0.4 is 10.0 Å². The maximum absolute atomic E-state index is 12.9. The molecule has 4 rings (SSSR count). The molecule has 1 amide bonds. The molecule has 2 heterocycles. The van der Waals surface area contributed by atoms with E-state index < -0.39 is 10.0 Å². The fourth-order valence-electron chi connectivity index (χ4n) is 4.25. The Morgan fingerprint density at radius 2 is 1.68 bits per heavy atom. The first-order valence-electron chi connectivity index (χ1n) is 11.6. The summed E-state index contributed by atoms with van der Waals surface area (Å²) in [6.45, 7) is 3.88. The van der Waals surface area contributed by atoms with Crippen LogP contribution in [0.1, 0.15) is 49.9 Å². The van der Waals surface area contributed by atoms with Crippen LogP contribution in [-0.4, -0.2) is 30.3 Å². The molecule has 34 heavy (non-hydrogen) atoms. The van der Waals surface area contributed by atoms with Gasteiger partial charge in [-0.2, -0.15) is 0 Å². The number of aromatic nitrogens is 2. The fraction of sp³-hybridized carbons (Fsp3) is 0.346. The molecule has 1 aliphatic carbocycles. The Labute approximate surface area is 201 Å². The van der Waals surface area contributed by atoms with Crippen molar-refractivity contribution >= 4 is 15.9 Å². The van der Waals surface area contributed by atoms with Crippen LogP contribution in [-0.2, 0) is 14.8 Å². The summed E-state index contributed by atoms with van der Waals surface area (Å²) in [6, 6.07) is 16.7. The summed E-state index contributed by atoms with van der Waals surface area (Å²) < 4.78 is 28.5. The Hall–Kier alpha value is -3.10. The van der Waals surface area contributed by atoms with Gasteiger partial charge in [0.05, 0.1) is 11.7 Å². The van der Waals surface area contributed by atoms with Crippen molar-refractivity contribution in [2.75, 3.05) is 0 Å². The lowest BCUT2D eigenvalue weighted by molar-refractivity contribution is -0.126. The van der Waals surface area contributed by atoms with Gasteiger partial charge in [-0.25, -0.2) is 13.1 Å². The Balaban J connectivity index is 1.30. The minimum absolute atomic E-state index is 0.0306. The predicted molar refractivity (Wildman–Crippen MR) is 131 cm³/mol. The van der Waals surface area contributed by atoms with Crippen LogP contribution in [0.15, 0.2) is 71.9 Å². The molecule has 0 aliphatic heterocycles. The monoisotopic (exact) mass is 478 g/mol. The van der Waals surface area contributed by atoms with Crippen LogP contribution in [0.2, 0.25) is 0 Å². The largest absolute Gasteiger partial charge is 0.349 e. The van der Waals surface area contributed by atoms with Gasteiger partial charge >= 0.3 is 0 Å². The number of nitrogens with zero attached hydrogens (tertiary/aromatic N) is 2. The van der Waals surface area contributed by atoms with Crippen molar-refractivity contribution in [2.45, 2.75) is 56.5 Å². The molecule has 0 saturated heterocycles. The number of carbonyl (C=O) groups excluding carboxylic acids is 1. The molecule has 7 nitrogen and oxygen atoms in total. The highest BCUT2D eigenvalue weighted by Crippen LogP contribution is 2.27. The number of aryl methyl sites for hydroxylation is 1. The topological polar surface area (TPSA) is 101 Å². The zero-order valence-electron chi connectivity index (χ0n) is 19.4. The second-order valence-electron chi connectivity index (χ2n) is 8.88. The molecule has 0 radical (unpaired) electrons. The molecule has 2 aromatic heterocycles. The molecule has 8 heteroatoms. The van der Waals surface area contributed by atoms with E-state index in [4.69, 9.17) is 0 Å². The van der Waals surface area contributed by atoms with E-state index in [1.54, 1.807) is 18.3 Å². The molecular formula is C26H30N4O3S. The molecule has 3 aromatic rings. The first-order valence-corrected chi connectivity index (χ1v) is 13.1. The van der Waals surface area contributed by atoms with Crippen LogP contribution in [0.25, 0.3) is 11.3 Å². The highest BCUT2D eigenvalue weighted by Gasteiger charge is 2.30. The summed E-state index contributed by atoms with van der Waals surface area (Å²) in [5, 5.41) is 3.09. The number of sulfonamides is 1. The summed E-state index contributed by atoms with van der Waals surface area (Å²) in [6.07, 6.45) is 5.65. The van der Waals surface area contributed by atoms with Crippen molar-refractivity contribution in [3.63, 3.8) is 0 Å². The second-order valence-corrected chi connectivity index (χ2v) is 10.6. The summed E-state index contributed by atoms with van der Waals surface area (Å²) in [4.78, 5) is 21.4. The third-order valence-electron chi connectivity index (χ3n) is 6.33. The van der Waals surface area contributed by atoms with Crippen molar-refractivity contribution < 1.29 is 13.2 Å². The van der Waals surface area contributed by atoms with Crippen molar-refractivity contribution in [1.29, 1.82) is 0 Å². The van der Waals surface area contributed by atoms with E-state index in [0.29, 0.717) is 31.4 Å². The zero-order chi connectivity index (χ0) is 24.1. The minimum Gasteiger partial charge on any atom is -0.349 e. The Bertz CT molecular complexity index is 1210. The van der Waals surface area contributed by atoms with E-state index in [2.05, 4.69) is 20.0 Å². The quantitative estimate of drug-likeness (QED) is 0.531. The van der Waals surface area contributed by atoms with Gasteiger partial charge in [-0.1, -0.05) is 30.3 Å². The molecule has 178 valence electrons. The van der Waals surface area contributed by atoms with Crippen LogP contribution in [0, 0.1) is 12.8 Å². The maximum Gasteiger partial charge on any atom is 0.242 e. The number of amides is 1. The predicted octanol–water partition coefficient (Wildman–Crippen LogP) is 4.17. The number of hydrogen-bond donors (Lipinski definition) is 2.